The fourth-order valence-corrected chi connectivity index (χ4v) is 3.03. The zero-order valence-electron chi connectivity index (χ0n) is 17.2. The van der Waals surface area contributed by atoms with Gasteiger partial charge >= 0.3 is 6.03 Å². The van der Waals surface area contributed by atoms with E-state index in [9.17, 15) is 9.90 Å². The second-order valence-electron chi connectivity index (χ2n) is 7.18. The van der Waals surface area contributed by atoms with Gasteiger partial charge in [0.2, 0.25) is 0 Å². The summed E-state index contributed by atoms with van der Waals surface area (Å²) in [5, 5.41) is 12.9. The van der Waals surface area contributed by atoms with E-state index in [-0.39, 0.29) is 11.8 Å². The van der Waals surface area contributed by atoms with Crippen molar-refractivity contribution in [2.24, 2.45) is 0 Å². The standard InChI is InChI=1S/C22H31N3O3/c1-5-6-7-8-11-25(4)22(27)24-19-14-18(9-10-20(19)26)28-21-15(2)12-17(23)13-16(21)3/h9-10,12-14,26H,5-8,11,23H2,1-4H3,(H,24,27). The summed E-state index contributed by atoms with van der Waals surface area (Å²) in [6.07, 6.45) is 4.38. The van der Waals surface area contributed by atoms with Crippen LogP contribution in [0, 0.1) is 13.8 Å². The number of anilines is 2. The number of amides is 2. The SMILES string of the molecule is CCCCCCN(C)C(=O)Nc1cc(Oc2c(C)cc(N)cc2C)ccc1O. The monoisotopic (exact) mass is 385 g/mol. The lowest BCUT2D eigenvalue weighted by Crippen LogP contribution is -2.32. The van der Waals surface area contributed by atoms with Gasteiger partial charge in [-0.05, 0) is 55.7 Å². The second-order valence-corrected chi connectivity index (χ2v) is 7.18. The molecule has 2 amide bonds. The van der Waals surface area contributed by atoms with Crippen molar-refractivity contribution in [3.8, 4) is 17.2 Å². The Hall–Kier alpha value is -2.89. The number of nitrogens with zero attached hydrogens (tertiary/aromatic N) is 1. The molecule has 0 spiro atoms. The van der Waals surface area contributed by atoms with Gasteiger partial charge in [0.25, 0.3) is 0 Å². The van der Waals surface area contributed by atoms with Crippen molar-refractivity contribution in [2.75, 3.05) is 24.6 Å². The zero-order chi connectivity index (χ0) is 20.7. The Morgan fingerprint density at radius 3 is 2.46 bits per heavy atom. The number of benzene rings is 2. The fourth-order valence-electron chi connectivity index (χ4n) is 3.03. The van der Waals surface area contributed by atoms with Crippen LogP contribution in [0.25, 0.3) is 0 Å². The summed E-state index contributed by atoms with van der Waals surface area (Å²) >= 11 is 0. The molecule has 6 nitrogen and oxygen atoms in total. The largest absolute Gasteiger partial charge is 0.506 e. The maximum Gasteiger partial charge on any atom is 0.321 e. The molecule has 2 aromatic carbocycles. The number of nitrogens with two attached hydrogens (primary N) is 1. The number of rotatable bonds is 8. The van der Waals surface area contributed by atoms with Crippen LogP contribution in [0.1, 0.15) is 43.7 Å². The fraction of sp³-hybridized carbons (Fsp3) is 0.409. The Labute approximate surface area is 167 Å². The minimum atomic E-state index is -0.260. The molecule has 0 atom stereocenters. The lowest BCUT2D eigenvalue weighted by atomic mass is 10.1. The number of phenols is 1. The minimum Gasteiger partial charge on any atom is -0.506 e. The van der Waals surface area contributed by atoms with E-state index >= 15 is 0 Å². The normalized spacial score (nSPS) is 10.6. The van der Waals surface area contributed by atoms with Crippen molar-refractivity contribution in [1.82, 2.24) is 4.90 Å². The summed E-state index contributed by atoms with van der Waals surface area (Å²) in [5.41, 5.74) is 8.70. The van der Waals surface area contributed by atoms with E-state index in [0.29, 0.717) is 29.4 Å². The molecule has 0 heterocycles. The number of phenolic OH excluding ortho intramolecular Hbond substituents is 1. The maximum absolute atomic E-state index is 12.4. The number of ether oxygens (including phenoxy) is 1. The van der Waals surface area contributed by atoms with E-state index in [2.05, 4.69) is 12.2 Å². The van der Waals surface area contributed by atoms with Crippen LogP contribution in [-0.2, 0) is 0 Å². The molecule has 0 unspecified atom stereocenters. The van der Waals surface area contributed by atoms with Crippen molar-refractivity contribution in [2.45, 2.75) is 46.5 Å². The highest BCUT2D eigenvalue weighted by Gasteiger charge is 2.13. The summed E-state index contributed by atoms with van der Waals surface area (Å²) in [6, 6.07) is 8.22. The number of nitrogens with one attached hydrogen (secondary N) is 1. The molecule has 0 aliphatic carbocycles. The predicted octanol–water partition coefficient (Wildman–Crippen LogP) is 5.43. The van der Waals surface area contributed by atoms with Crippen LogP contribution < -0.4 is 15.8 Å². The van der Waals surface area contributed by atoms with Crippen molar-refractivity contribution in [3.63, 3.8) is 0 Å². The Bertz CT molecular complexity index is 798. The Morgan fingerprint density at radius 2 is 1.82 bits per heavy atom. The Balaban J connectivity index is 2.08. The predicted molar refractivity (Wildman–Crippen MR) is 114 cm³/mol. The molecule has 0 aliphatic rings. The topological polar surface area (TPSA) is 87.8 Å². The first-order valence-electron chi connectivity index (χ1n) is 9.71. The van der Waals surface area contributed by atoms with Crippen molar-refractivity contribution in [1.29, 1.82) is 0 Å². The molecule has 0 radical (unpaired) electrons. The van der Waals surface area contributed by atoms with E-state index in [1.165, 1.54) is 12.5 Å². The van der Waals surface area contributed by atoms with Crippen LogP contribution in [-0.4, -0.2) is 29.6 Å². The summed E-state index contributed by atoms with van der Waals surface area (Å²) in [5.74, 6) is 1.23. The van der Waals surface area contributed by atoms with Crippen LogP contribution in [0.4, 0.5) is 16.2 Å². The number of hydrogen-bond acceptors (Lipinski definition) is 4. The van der Waals surface area contributed by atoms with Gasteiger partial charge in [0.1, 0.15) is 17.2 Å². The molecule has 28 heavy (non-hydrogen) atoms. The van der Waals surface area contributed by atoms with Crippen molar-refractivity contribution >= 4 is 17.4 Å². The highest BCUT2D eigenvalue weighted by atomic mass is 16.5. The number of urea groups is 1. The number of unbranched alkanes of at least 4 members (excludes halogenated alkanes) is 3. The number of carbonyl (C=O) groups excluding carboxylic acids is 1. The van der Waals surface area contributed by atoms with Crippen LogP contribution in [0.2, 0.25) is 0 Å². The molecule has 2 aromatic rings. The quantitative estimate of drug-likeness (QED) is 0.321. The lowest BCUT2D eigenvalue weighted by molar-refractivity contribution is 0.221. The van der Waals surface area contributed by atoms with E-state index < -0.39 is 0 Å². The lowest BCUT2D eigenvalue weighted by Gasteiger charge is -2.19. The van der Waals surface area contributed by atoms with Gasteiger partial charge in [-0.25, -0.2) is 4.79 Å². The highest BCUT2D eigenvalue weighted by Crippen LogP contribution is 2.34. The Kier molecular flexibility index (Phi) is 7.55. The van der Waals surface area contributed by atoms with E-state index in [0.717, 1.165) is 30.4 Å². The molecule has 0 aliphatic heterocycles. The third kappa shape index (κ3) is 5.81. The van der Waals surface area contributed by atoms with Gasteiger partial charge in [0.15, 0.2) is 0 Å². The first kappa shape index (κ1) is 21.4. The third-order valence-corrected chi connectivity index (χ3v) is 4.61. The number of aromatic hydroxyl groups is 1. The molecular weight excluding hydrogens is 354 g/mol. The van der Waals surface area contributed by atoms with Gasteiger partial charge in [-0.3, -0.25) is 0 Å². The number of hydrogen-bond donors (Lipinski definition) is 3. The van der Waals surface area contributed by atoms with Crippen LogP contribution in [0.15, 0.2) is 30.3 Å². The van der Waals surface area contributed by atoms with Gasteiger partial charge in [-0.1, -0.05) is 26.2 Å². The number of carbonyl (C=O) groups is 1. The summed E-state index contributed by atoms with van der Waals surface area (Å²) in [4.78, 5) is 14.0. The molecule has 0 aromatic heterocycles. The molecule has 0 saturated carbocycles. The number of aryl methyl sites for hydroxylation is 2. The molecule has 152 valence electrons. The van der Waals surface area contributed by atoms with Gasteiger partial charge < -0.3 is 25.8 Å². The number of nitrogen functional groups attached to an aromatic ring is 1. The van der Waals surface area contributed by atoms with Crippen LogP contribution >= 0.6 is 0 Å². The molecule has 0 saturated heterocycles. The molecular formula is C22H31N3O3. The summed E-state index contributed by atoms with van der Waals surface area (Å²) in [6.45, 7) is 6.68. The zero-order valence-corrected chi connectivity index (χ0v) is 17.2. The van der Waals surface area contributed by atoms with Crippen molar-refractivity contribution in [3.05, 3.63) is 41.5 Å². The minimum absolute atomic E-state index is 0.00849. The smallest absolute Gasteiger partial charge is 0.321 e. The molecule has 0 fully saturated rings. The average Bonchev–Trinajstić information content (AvgIpc) is 2.64. The van der Waals surface area contributed by atoms with E-state index in [1.807, 2.05) is 26.0 Å². The highest BCUT2D eigenvalue weighted by molar-refractivity contribution is 5.91. The third-order valence-electron chi connectivity index (χ3n) is 4.61. The van der Waals surface area contributed by atoms with E-state index in [4.69, 9.17) is 10.5 Å². The average molecular weight is 386 g/mol. The molecule has 6 heteroatoms. The van der Waals surface area contributed by atoms with Gasteiger partial charge in [0.05, 0.1) is 5.69 Å². The first-order chi connectivity index (χ1) is 13.3. The molecule has 0 bridgehead atoms. The van der Waals surface area contributed by atoms with Crippen molar-refractivity contribution < 1.29 is 14.6 Å². The maximum atomic E-state index is 12.4. The summed E-state index contributed by atoms with van der Waals surface area (Å²) < 4.78 is 5.99. The Morgan fingerprint density at radius 1 is 1.14 bits per heavy atom. The van der Waals surface area contributed by atoms with Gasteiger partial charge in [0, 0.05) is 25.3 Å². The van der Waals surface area contributed by atoms with E-state index in [1.54, 1.807) is 24.1 Å². The van der Waals surface area contributed by atoms with Gasteiger partial charge in [-0.15, -0.1) is 0 Å². The van der Waals surface area contributed by atoms with Crippen LogP contribution in [0.5, 0.6) is 17.2 Å². The van der Waals surface area contributed by atoms with Crippen LogP contribution in [0.3, 0.4) is 0 Å². The summed E-state index contributed by atoms with van der Waals surface area (Å²) in [7, 11) is 1.75. The first-order valence-corrected chi connectivity index (χ1v) is 9.71. The molecule has 4 N–H and O–H groups in total. The second kappa shape index (κ2) is 9.88. The molecule has 2 rings (SSSR count). The van der Waals surface area contributed by atoms with Gasteiger partial charge in [-0.2, -0.15) is 0 Å².